The Morgan fingerprint density at radius 3 is 2.50 bits per heavy atom. The Bertz CT molecular complexity index is 616. The van der Waals surface area contributed by atoms with Gasteiger partial charge < -0.3 is 15.0 Å². The van der Waals surface area contributed by atoms with Crippen LogP contribution in [0.2, 0.25) is 0 Å². The molecule has 2 unspecified atom stereocenters. The SMILES string of the molecule is CCC(C)OC(=O)CC1C(=O)NCCN1C=C1C(=O)CC(C)(C)CC1=O. The van der Waals surface area contributed by atoms with E-state index >= 15 is 0 Å². The second-order valence-corrected chi connectivity index (χ2v) is 7.86. The molecule has 1 aliphatic heterocycles. The lowest BCUT2D eigenvalue weighted by Crippen LogP contribution is -2.54. The van der Waals surface area contributed by atoms with Crippen LogP contribution in [0.15, 0.2) is 11.8 Å². The number of amides is 1. The van der Waals surface area contributed by atoms with E-state index in [1.807, 2.05) is 20.8 Å². The fourth-order valence-electron chi connectivity index (χ4n) is 3.20. The maximum Gasteiger partial charge on any atom is 0.308 e. The predicted octanol–water partition coefficient (Wildman–Crippen LogP) is 1.36. The molecule has 1 N–H and O–H groups in total. The van der Waals surface area contributed by atoms with Gasteiger partial charge in [0.25, 0.3) is 0 Å². The number of carbonyl (C=O) groups excluding carboxylic acids is 4. The fraction of sp³-hybridized carbons (Fsp3) is 0.684. The molecular formula is C19H28N2O5. The first kappa shape index (κ1) is 20.1. The summed E-state index contributed by atoms with van der Waals surface area (Å²) in [5, 5.41) is 2.72. The second kappa shape index (κ2) is 8.01. The quantitative estimate of drug-likeness (QED) is 0.450. The molecule has 1 heterocycles. The first-order chi connectivity index (χ1) is 12.1. The minimum Gasteiger partial charge on any atom is -0.463 e. The lowest BCUT2D eigenvalue weighted by molar-refractivity contribution is -0.152. The molecule has 1 saturated carbocycles. The first-order valence-corrected chi connectivity index (χ1v) is 9.14. The summed E-state index contributed by atoms with van der Waals surface area (Å²) >= 11 is 0. The zero-order valence-electron chi connectivity index (χ0n) is 16.0. The summed E-state index contributed by atoms with van der Waals surface area (Å²) in [5.74, 6) is -1.19. The predicted molar refractivity (Wildman–Crippen MR) is 95.1 cm³/mol. The van der Waals surface area contributed by atoms with E-state index in [0.29, 0.717) is 32.4 Å². The molecule has 0 aromatic carbocycles. The van der Waals surface area contributed by atoms with Crippen LogP contribution >= 0.6 is 0 Å². The van der Waals surface area contributed by atoms with Gasteiger partial charge in [-0.2, -0.15) is 0 Å². The van der Waals surface area contributed by atoms with Crippen molar-refractivity contribution in [1.29, 1.82) is 0 Å². The standard InChI is InChI=1S/C19H28N2O5/c1-5-12(2)26-17(24)8-14-18(25)20-6-7-21(14)11-13-15(22)9-19(3,4)10-16(13)23/h11-12,14H,5-10H2,1-4H3,(H,20,25). The van der Waals surface area contributed by atoms with E-state index in [4.69, 9.17) is 4.74 Å². The monoisotopic (exact) mass is 364 g/mol. The number of ketones is 2. The number of nitrogens with zero attached hydrogens (tertiary/aromatic N) is 1. The molecule has 0 bridgehead atoms. The molecule has 0 spiro atoms. The Morgan fingerprint density at radius 2 is 1.92 bits per heavy atom. The van der Waals surface area contributed by atoms with Crippen LogP contribution in [0, 0.1) is 5.41 Å². The number of Topliss-reactive ketones (excluding diaryl/α,β-unsaturated/α-hetero) is 2. The third-order valence-electron chi connectivity index (χ3n) is 4.81. The van der Waals surface area contributed by atoms with Gasteiger partial charge in [0.15, 0.2) is 11.6 Å². The van der Waals surface area contributed by atoms with Crippen molar-refractivity contribution in [3.8, 4) is 0 Å². The van der Waals surface area contributed by atoms with E-state index < -0.39 is 12.0 Å². The van der Waals surface area contributed by atoms with Crippen molar-refractivity contribution in [3.05, 3.63) is 11.8 Å². The fourth-order valence-corrected chi connectivity index (χ4v) is 3.20. The normalized spacial score (nSPS) is 24.2. The molecule has 0 radical (unpaired) electrons. The van der Waals surface area contributed by atoms with Gasteiger partial charge in [0.2, 0.25) is 5.91 Å². The van der Waals surface area contributed by atoms with Crippen LogP contribution in [-0.2, 0) is 23.9 Å². The minimum absolute atomic E-state index is 0.117. The molecule has 7 heteroatoms. The summed E-state index contributed by atoms with van der Waals surface area (Å²) in [4.78, 5) is 50.7. The molecule has 0 aromatic heterocycles. The summed E-state index contributed by atoms with van der Waals surface area (Å²) < 4.78 is 5.26. The van der Waals surface area contributed by atoms with Crippen LogP contribution in [0.4, 0.5) is 0 Å². The zero-order chi connectivity index (χ0) is 19.5. The van der Waals surface area contributed by atoms with Gasteiger partial charge in [-0.05, 0) is 18.8 Å². The molecule has 144 valence electrons. The molecule has 7 nitrogen and oxygen atoms in total. The number of allylic oxidation sites excluding steroid dienone is 1. The number of esters is 1. The smallest absolute Gasteiger partial charge is 0.308 e. The molecule has 1 saturated heterocycles. The molecule has 2 aliphatic rings. The van der Waals surface area contributed by atoms with E-state index in [9.17, 15) is 19.2 Å². The highest BCUT2D eigenvalue weighted by molar-refractivity contribution is 6.22. The van der Waals surface area contributed by atoms with Gasteiger partial charge in [0.05, 0.1) is 18.1 Å². The second-order valence-electron chi connectivity index (χ2n) is 7.86. The Balaban J connectivity index is 2.17. The van der Waals surface area contributed by atoms with Crippen molar-refractivity contribution in [2.75, 3.05) is 13.1 Å². The molecule has 2 fully saturated rings. The Kier molecular flexibility index (Phi) is 6.21. The number of piperazine rings is 1. The Labute approximate surface area is 154 Å². The molecule has 2 atom stereocenters. The minimum atomic E-state index is -0.775. The van der Waals surface area contributed by atoms with Crippen molar-refractivity contribution in [3.63, 3.8) is 0 Å². The highest BCUT2D eigenvalue weighted by Crippen LogP contribution is 2.34. The van der Waals surface area contributed by atoms with Crippen molar-refractivity contribution >= 4 is 23.4 Å². The highest BCUT2D eigenvalue weighted by Gasteiger charge is 2.38. The zero-order valence-corrected chi connectivity index (χ0v) is 16.0. The van der Waals surface area contributed by atoms with Crippen LogP contribution in [0.3, 0.4) is 0 Å². The third kappa shape index (κ3) is 4.93. The summed E-state index contributed by atoms with van der Waals surface area (Å²) in [6.45, 7) is 8.31. The van der Waals surface area contributed by atoms with Crippen LogP contribution in [0.1, 0.15) is 53.4 Å². The van der Waals surface area contributed by atoms with Crippen molar-refractivity contribution in [2.24, 2.45) is 5.41 Å². The van der Waals surface area contributed by atoms with Crippen molar-refractivity contribution < 1.29 is 23.9 Å². The van der Waals surface area contributed by atoms with Gasteiger partial charge in [-0.1, -0.05) is 20.8 Å². The lowest BCUT2D eigenvalue weighted by atomic mass is 9.74. The number of hydrogen-bond acceptors (Lipinski definition) is 6. The Morgan fingerprint density at radius 1 is 1.31 bits per heavy atom. The van der Waals surface area contributed by atoms with Crippen LogP contribution in [0.5, 0.6) is 0 Å². The van der Waals surface area contributed by atoms with E-state index in [0.717, 1.165) is 0 Å². The third-order valence-corrected chi connectivity index (χ3v) is 4.81. The van der Waals surface area contributed by atoms with E-state index in [2.05, 4.69) is 5.32 Å². The molecule has 2 rings (SSSR count). The van der Waals surface area contributed by atoms with Gasteiger partial charge in [-0.15, -0.1) is 0 Å². The maximum atomic E-state index is 12.4. The summed E-state index contributed by atoms with van der Waals surface area (Å²) in [6.07, 6.45) is 2.42. The average molecular weight is 364 g/mol. The Hall–Kier alpha value is -2.18. The largest absolute Gasteiger partial charge is 0.463 e. The van der Waals surface area contributed by atoms with Gasteiger partial charge in [0, 0.05) is 32.1 Å². The van der Waals surface area contributed by atoms with E-state index in [1.54, 1.807) is 11.8 Å². The maximum absolute atomic E-state index is 12.4. The van der Waals surface area contributed by atoms with Gasteiger partial charge in [-0.3, -0.25) is 19.2 Å². The van der Waals surface area contributed by atoms with Crippen LogP contribution < -0.4 is 5.32 Å². The number of nitrogens with one attached hydrogen (secondary N) is 1. The van der Waals surface area contributed by atoms with Gasteiger partial charge in [0.1, 0.15) is 6.04 Å². The van der Waals surface area contributed by atoms with Gasteiger partial charge in [-0.25, -0.2) is 0 Å². The van der Waals surface area contributed by atoms with Gasteiger partial charge >= 0.3 is 5.97 Å². The molecule has 0 aromatic rings. The molecule has 1 aliphatic carbocycles. The highest BCUT2D eigenvalue weighted by atomic mass is 16.5. The first-order valence-electron chi connectivity index (χ1n) is 9.14. The summed E-state index contributed by atoms with van der Waals surface area (Å²) in [7, 11) is 0. The number of rotatable bonds is 5. The van der Waals surface area contributed by atoms with Crippen molar-refractivity contribution in [2.45, 2.75) is 65.5 Å². The van der Waals surface area contributed by atoms with Crippen molar-refractivity contribution in [1.82, 2.24) is 10.2 Å². The van der Waals surface area contributed by atoms with E-state index in [-0.39, 0.29) is 41.0 Å². The number of hydrogen-bond donors (Lipinski definition) is 1. The van der Waals surface area contributed by atoms with Crippen LogP contribution in [0.25, 0.3) is 0 Å². The number of ether oxygens (including phenoxy) is 1. The average Bonchev–Trinajstić information content (AvgIpc) is 2.52. The molecule has 1 amide bonds. The summed E-state index contributed by atoms with van der Waals surface area (Å²) in [5.41, 5.74) is -0.219. The summed E-state index contributed by atoms with van der Waals surface area (Å²) in [6, 6.07) is -0.775. The lowest BCUT2D eigenvalue weighted by Gasteiger charge is -2.35. The molecule has 26 heavy (non-hydrogen) atoms. The van der Waals surface area contributed by atoms with E-state index in [1.165, 1.54) is 6.20 Å². The number of carbonyl (C=O) groups is 4. The molecular weight excluding hydrogens is 336 g/mol. The van der Waals surface area contributed by atoms with Crippen LogP contribution in [-0.4, -0.2) is 53.6 Å². The topological polar surface area (TPSA) is 92.8 Å².